The molecule has 5 heteroatoms. The van der Waals surface area contributed by atoms with E-state index >= 15 is 0 Å². The standard InChI is InChI=1S/C23H25N3O2/c1-16(2)28-22-10-5-4-9-21(22)26-23(27)19-12-20(15-24-14-19)25-13-18-8-6-7-17(3)11-18/h4-12,14-16,25H,13H2,1-3H3,(H,26,27). The van der Waals surface area contributed by atoms with Crippen LogP contribution in [-0.4, -0.2) is 17.0 Å². The minimum absolute atomic E-state index is 0.0221. The Morgan fingerprint density at radius 3 is 2.68 bits per heavy atom. The number of amides is 1. The average molecular weight is 375 g/mol. The summed E-state index contributed by atoms with van der Waals surface area (Å²) in [4.78, 5) is 16.9. The van der Waals surface area contributed by atoms with Gasteiger partial charge in [0.2, 0.25) is 0 Å². The number of aromatic nitrogens is 1. The summed E-state index contributed by atoms with van der Waals surface area (Å²) >= 11 is 0. The summed E-state index contributed by atoms with van der Waals surface area (Å²) in [6, 6.07) is 17.5. The summed E-state index contributed by atoms with van der Waals surface area (Å²) in [6.07, 6.45) is 3.29. The third-order valence-electron chi connectivity index (χ3n) is 4.08. The smallest absolute Gasteiger partial charge is 0.257 e. The highest BCUT2D eigenvalue weighted by Crippen LogP contribution is 2.25. The molecule has 144 valence electrons. The fraction of sp³-hybridized carbons (Fsp3) is 0.217. The molecule has 0 aliphatic heterocycles. The second-order valence-electron chi connectivity index (χ2n) is 6.92. The molecule has 0 atom stereocenters. The van der Waals surface area contributed by atoms with Crippen LogP contribution < -0.4 is 15.4 Å². The van der Waals surface area contributed by atoms with Gasteiger partial charge in [-0.25, -0.2) is 0 Å². The van der Waals surface area contributed by atoms with E-state index in [1.54, 1.807) is 18.5 Å². The Balaban J connectivity index is 1.69. The third kappa shape index (κ3) is 5.33. The van der Waals surface area contributed by atoms with Gasteiger partial charge in [0.25, 0.3) is 5.91 Å². The fourth-order valence-electron chi connectivity index (χ4n) is 2.81. The topological polar surface area (TPSA) is 63.2 Å². The first kappa shape index (κ1) is 19.4. The molecular weight excluding hydrogens is 350 g/mol. The van der Waals surface area contributed by atoms with Gasteiger partial charge >= 0.3 is 0 Å². The summed E-state index contributed by atoms with van der Waals surface area (Å²) in [5.74, 6) is 0.416. The molecule has 0 saturated carbocycles. The van der Waals surface area contributed by atoms with E-state index in [0.29, 0.717) is 23.5 Å². The first-order valence-electron chi connectivity index (χ1n) is 9.33. The normalized spacial score (nSPS) is 10.6. The Kier molecular flexibility index (Phi) is 6.27. The van der Waals surface area contributed by atoms with E-state index in [1.807, 2.05) is 44.2 Å². The second kappa shape index (κ2) is 9.04. The molecule has 0 unspecified atom stereocenters. The molecule has 0 radical (unpaired) electrons. The van der Waals surface area contributed by atoms with Gasteiger partial charge in [0.1, 0.15) is 5.75 Å². The van der Waals surface area contributed by atoms with Gasteiger partial charge in [-0.1, -0.05) is 42.0 Å². The van der Waals surface area contributed by atoms with Gasteiger partial charge in [0, 0.05) is 18.9 Å². The lowest BCUT2D eigenvalue weighted by Gasteiger charge is -2.15. The summed E-state index contributed by atoms with van der Waals surface area (Å²) in [5.41, 5.74) is 4.30. The molecule has 0 spiro atoms. The van der Waals surface area contributed by atoms with Crippen LogP contribution in [0.15, 0.2) is 67.0 Å². The molecule has 1 heterocycles. The maximum atomic E-state index is 12.7. The van der Waals surface area contributed by atoms with Crippen LogP contribution >= 0.6 is 0 Å². The van der Waals surface area contributed by atoms with Crippen molar-refractivity contribution in [1.29, 1.82) is 0 Å². The van der Waals surface area contributed by atoms with Gasteiger partial charge in [-0.3, -0.25) is 9.78 Å². The number of carbonyl (C=O) groups excluding carboxylic acids is 1. The number of benzene rings is 2. The molecule has 5 nitrogen and oxygen atoms in total. The van der Waals surface area contributed by atoms with Gasteiger partial charge < -0.3 is 15.4 Å². The summed E-state index contributed by atoms with van der Waals surface area (Å²) < 4.78 is 5.76. The van der Waals surface area contributed by atoms with Crippen molar-refractivity contribution in [3.8, 4) is 5.75 Å². The van der Waals surface area contributed by atoms with Crippen molar-refractivity contribution in [2.75, 3.05) is 10.6 Å². The number of nitrogens with one attached hydrogen (secondary N) is 2. The van der Waals surface area contributed by atoms with Crippen molar-refractivity contribution in [3.63, 3.8) is 0 Å². The fourth-order valence-corrected chi connectivity index (χ4v) is 2.81. The number of hydrogen-bond donors (Lipinski definition) is 2. The Morgan fingerprint density at radius 2 is 1.89 bits per heavy atom. The highest BCUT2D eigenvalue weighted by Gasteiger charge is 2.11. The van der Waals surface area contributed by atoms with E-state index in [9.17, 15) is 4.79 Å². The van der Waals surface area contributed by atoms with Gasteiger partial charge in [0.15, 0.2) is 0 Å². The predicted octanol–water partition coefficient (Wildman–Crippen LogP) is 5.04. The van der Waals surface area contributed by atoms with E-state index in [2.05, 4.69) is 40.7 Å². The zero-order valence-corrected chi connectivity index (χ0v) is 16.4. The maximum absolute atomic E-state index is 12.7. The number of pyridine rings is 1. The van der Waals surface area contributed by atoms with Crippen LogP contribution in [-0.2, 0) is 6.54 Å². The Bertz CT molecular complexity index is 954. The minimum Gasteiger partial charge on any atom is -0.489 e. The third-order valence-corrected chi connectivity index (χ3v) is 4.08. The van der Waals surface area contributed by atoms with Crippen LogP contribution in [0.25, 0.3) is 0 Å². The Morgan fingerprint density at radius 1 is 1.07 bits per heavy atom. The van der Waals surface area contributed by atoms with Crippen LogP contribution in [0.2, 0.25) is 0 Å². The number of aryl methyl sites for hydroxylation is 1. The lowest BCUT2D eigenvalue weighted by atomic mass is 10.1. The lowest BCUT2D eigenvalue weighted by molar-refractivity contribution is 0.102. The number of carbonyl (C=O) groups is 1. The summed E-state index contributed by atoms with van der Waals surface area (Å²) in [6.45, 7) is 6.63. The molecule has 2 N–H and O–H groups in total. The molecule has 0 saturated heterocycles. The monoisotopic (exact) mass is 375 g/mol. The summed E-state index contributed by atoms with van der Waals surface area (Å²) in [7, 11) is 0. The van der Waals surface area contributed by atoms with Gasteiger partial charge in [-0.15, -0.1) is 0 Å². The molecule has 28 heavy (non-hydrogen) atoms. The maximum Gasteiger partial charge on any atom is 0.257 e. The highest BCUT2D eigenvalue weighted by atomic mass is 16.5. The van der Waals surface area contributed by atoms with Crippen LogP contribution in [0.5, 0.6) is 5.75 Å². The molecule has 1 amide bonds. The van der Waals surface area contributed by atoms with Crippen molar-refractivity contribution in [1.82, 2.24) is 4.98 Å². The second-order valence-corrected chi connectivity index (χ2v) is 6.92. The number of hydrogen-bond acceptors (Lipinski definition) is 4. The zero-order chi connectivity index (χ0) is 19.9. The molecule has 1 aromatic heterocycles. The first-order chi connectivity index (χ1) is 13.5. The van der Waals surface area contributed by atoms with E-state index in [4.69, 9.17) is 4.74 Å². The number of rotatable bonds is 7. The van der Waals surface area contributed by atoms with Crippen LogP contribution in [0, 0.1) is 6.92 Å². The first-order valence-corrected chi connectivity index (χ1v) is 9.33. The van der Waals surface area contributed by atoms with Gasteiger partial charge in [0.05, 0.1) is 23.0 Å². The van der Waals surface area contributed by atoms with Crippen LogP contribution in [0.3, 0.4) is 0 Å². The molecule has 0 aliphatic rings. The van der Waals surface area contributed by atoms with Gasteiger partial charge in [-0.05, 0) is 44.5 Å². The van der Waals surface area contributed by atoms with Gasteiger partial charge in [-0.2, -0.15) is 0 Å². The SMILES string of the molecule is Cc1cccc(CNc2cncc(C(=O)Nc3ccccc3OC(C)C)c2)c1. The van der Waals surface area contributed by atoms with Crippen LogP contribution in [0.1, 0.15) is 35.3 Å². The average Bonchev–Trinajstić information content (AvgIpc) is 2.68. The molecule has 0 aliphatic carbocycles. The molecule has 0 bridgehead atoms. The van der Waals surface area contributed by atoms with E-state index in [0.717, 1.165) is 5.69 Å². The van der Waals surface area contributed by atoms with Crippen molar-refractivity contribution < 1.29 is 9.53 Å². The van der Waals surface area contributed by atoms with Crippen molar-refractivity contribution in [2.24, 2.45) is 0 Å². The quantitative estimate of drug-likeness (QED) is 0.607. The largest absolute Gasteiger partial charge is 0.489 e. The van der Waals surface area contributed by atoms with E-state index in [-0.39, 0.29) is 12.0 Å². The van der Waals surface area contributed by atoms with Crippen LogP contribution in [0.4, 0.5) is 11.4 Å². The van der Waals surface area contributed by atoms with Crippen molar-refractivity contribution in [2.45, 2.75) is 33.4 Å². The lowest BCUT2D eigenvalue weighted by Crippen LogP contribution is -2.15. The number of nitrogens with zero attached hydrogens (tertiary/aromatic N) is 1. The van der Waals surface area contributed by atoms with E-state index < -0.39 is 0 Å². The molecule has 2 aromatic carbocycles. The summed E-state index contributed by atoms with van der Waals surface area (Å²) in [5, 5.41) is 6.23. The molecule has 0 fully saturated rings. The number of para-hydroxylation sites is 2. The van der Waals surface area contributed by atoms with Crippen molar-refractivity contribution >= 4 is 17.3 Å². The molecular formula is C23H25N3O2. The number of ether oxygens (including phenoxy) is 1. The Labute approximate surface area is 165 Å². The minimum atomic E-state index is -0.230. The number of anilines is 2. The predicted molar refractivity (Wildman–Crippen MR) is 113 cm³/mol. The molecule has 3 rings (SSSR count). The van der Waals surface area contributed by atoms with E-state index in [1.165, 1.54) is 11.1 Å². The van der Waals surface area contributed by atoms with Crippen molar-refractivity contribution in [3.05, 3.63) is 83.7 Å². The molecule has 3 aromatic rings. The zero-order valence-electron chi connectivity index (χ0n) is 16.4. The Hall–Kier alpha value is -3.34. The highest BCUT2D eigenvalue weighted by molar-refractivity contribution is 6.05.